The topological polar surface area (TPSA) is 35.2 Å². The molecular weight excluding hydrogens is 253 g/mol. The molecule has 106 valence electrons. The Morgan fingerprint density at radius 1 is 0.950 bits per heavy atom. The van der Waals surface area contributed by atoms with Crippen molar-refractivity contribution in [2.75, 3.05) is 12.3 Å². The first-order chi connectivity index (χ1) is 9.75. The van der Waals surface area contributed by atoms with Gasteiger partial charge in [0.2, 0.25) is 0 Å². The highest BCUT2D eigenvalue weighted by atomic mass is 19.1. The number of nitrogen functional groups attached to an aromatic ring is 1. The van der Waals surface area contributed by atoms with Crippen LogP contribution in [-0.2, 0) is 6.42 Å². The van der Waals surface area contributed by atoms with Crippen molar-refractivity contribution < 1.29 is 9.13 Å². The predicted molar refractivity (Wildman–Crippen MR) is 80.3 cm³/mol. The molecular formula is C17H20FNO. The molecule has 20 heavy (non-hydrogen) atoms. The summed E-state index contributed by atoms with van der Waals surface area (Å²) in [5.74, 6) is 0.117. The molecule has 0 aliphatic rings. The first kappa shape index (κ1) is 14.4. The lowest BCUT2D eigenvalue weighted by atomic mass is 10.1. The molecule has 0 aliphatic heterocycles. The van der Waals surface area contributed by atoms with E-state index in [1.807, 2.05) is 6.07 Å². The van der Waals surface area contributed by atoms with Gasteiger partial charge < -0.3 is 10.5 Å². The lowest BCUT2D eigenvalue weighted by Gasteiger charge is -2.07. The Morgan fingerprint density at radius 3 is 2.50 bits per heavy atom. The first-order valence-electron chi connectivity index (χ1n) is 6.97. The number of ether oxygens (including phenoxy) is 1. The van der Waals surface area contributed by atoms with Gasteiger partial charge in [-0.05, 0) is 43.4 Å². The van der Waals surface area contributed by atoms with Crippen LogP contribution in [0.2, 0.25) is 0 Å². The predicted octanol–water partition coefficient (Wildman–Crippen LogP) is 4.20. The highest BCUT2D eigenvalue weighted by Gasteiger charge is 2.00. The summed E-state index contributed by atoms with van der Waals surface area (Å²) in [5, 5.41) is 0. The molecule has 0 unspecified atom stereocenters. The van der Waals surface area contributed by atoms with Gasteiger partial charge in [0, 0.05) is 6.07 Å². The van der Waals surface area contributed by atoms with Crippen LogP contribution in [0.3, 0.4) is 0 Å². The van der Waals surface area contributed by atoms with Crippen molar-refractivity contribution in [1.29, 1.82) is 0 Å². The number of hydrogen-bond acceptors (Lipinski definition) is 2. The molecule has 0 fully saturated rings. The molecule has 0 heterocycles. The number of benzene rings is 2. The standard InChI is InChI=1S/C17H20FNO/c18-16-13-15(10-11-17(16)19)20-12-6-2-5-9-14-7-3-1-4-8-14/h1,3-4,7-8,10-11,13H,2,5-6,9,12,19H2. The molecule has 0 bridgehead atoms. The maximum absolute atomic E-state index is 13.2. The van der Waals surface area contributed by atoms with Gasteiger partial charge in [0.15, 0.2) is 0 Å². The summed E-state index contributed by atoms with van der Waals surface area (Å²) < 4.78 is 18.7. The third kappa shape index (κ3) is 4.57. The van der Waals surface area contributed by atoms with E-state index in [4.69, 9.17) is 10.5 Å². The molecule has 2 N–H and O–H groups in total. The number of aryl methyl sites for hydroxylation is 1. The van der Waals surface area contributed by atoms with Gasteiger partial charge >= 0.3 is 0 Å². The van der Waals surface area contributed by atoms with Crippen molar-refractivity contribution in [1.82, 2.24) is 0 Å². The number of nitrogens with two attached hydrogens (primary N) is 1. The van der Waals surface area contributed by atoms with Gasteiger partial charge in [0.05, 0.1) is 12.3 Å². The quantitative estimate of drug-likeness (QED) is 0.606. The van der Waals surface area contributed by atoms with E-state index in [0.29, 0.717) is 12.4 Å². The normalized spacial score (nSPS) is 10.4. The molecule has 2 aromatic rings. The minimum absolute atomic E-state index is 0.153. The van der Waals surface area contributed by atoms with Crippen LogP contribution in [0, 0.1) is 5.82 Å². The lowest BCUT2D eigenvalue weighted by Crippen LogP contribution is -1.99. The van der Waals surface area contributed by atoms with Gasteiger partial charge in [-0.3, -0.25) is 0 Å². The van der Waals surface area contributed by atoms with Gasteiger partial charge in [0.25, 0.3) is 0 Å². The minimum Gasteiger partial charge on any atom is -0.493 e. The molecule has 0 spiro atoms. The van der Waals surface area contributed by atoms with Crippen LogP contribution in [0.1, 0.15) is 24.8 Å². The Bertz CT molecular complexity index is 528. The second-order valence-electron chi connectivity index (χ2n) is 4.83. The van der Waals surface area contributed by atoms with Crippen LogP contribution in [-0.4, -0.2) is 6.61 Å². The number of halogens is 1. The van der Waals surface area contributed by atoms with Crippen LogP contribution >= 0.6 is 0 Å². The summed E-state index contributed by atoms with van der Waals surface area (Å²) in [4.78, 5) is 0. The van der Waals surface area contributed by atoms with E-state index >= 15 is 0 Å². The van der Waals surface area contributed by atoms with E-state index in [2.05, 4.69) is 24.3 Å². The molecule has 0 aliphatic carbocycles. The van der Waals surface area contributed by atoms with Crippen molar-refractivity contribution in [3.05, 3.63) is 59.9 Å². The molecule has 2 rings (SSSR count). The Morgan fingerprint density at radius 2 is 1.75 bits per heavy atom. The zero-order valence-corrected chi connectivity index (χ0v) is 11.5. The van der Waals surface area contributed by atoms with Crippen LogP contribution in [0.4, 0.5) is 10.1 Å². The van der Waals surface area contributed by atoms with Crippen LogP contribution in [0.15, 0.2) is 48.5 Å². The van der Waals surface area contributed by atoms with Crippen LogP contribution in [0.25, 0.3) is 0 Å². The molecule has 0 aromatic heterocycles. The van der Waals surface area contributed by atoms with Crippen LogP contribution < -0.4 is 10.5 Å². The van der Waals surface area contributed by atoms with Gasteiger partial charge in [-0.1, -0.05) is 30.3 Å². The zero-order chi connectivity index (χ0) is 14.2. The summed E-state index contributed by atoms with van der Waals surface area (Å²) in [6.45, 7) is 0.609. The molecule has 0 atom stereocenters. The van der Waals surface area contributed by atoms with Gasteiger partial charge in [-0.25, -0.2) is 4.39 Å². The molecule has 3 heteroatoms. The number of rotatable bonds is 7. The van der Waals surface area contributed by atoms with Crippen LogP contribution in [0.5, 0.6) is 5.75 Å². The fourth-order valence-electron chi connectivity index (χ4n) is 2.04. The molecule has 2 aromatic carbocycles. The van der Waals surface area contributed by atoms with E-state index in [-0.39, 0.29) is 5.69 Å². The monoisotopic (exact) mass is 273 g/mol. The Balaban J connectivity index is 1.61. The fraction of sp³-hybridized carbons (Fsp3) is 0.294. The molecule has 0 radical (unpaired) electrons. The van der Waals surface area contributed by atoms with Crippen molar-refractivity contribution in [3.8, 4) is 5.75 Å². The number of hydrogen-bond donors (Lipinski definition) is 1. The molecule has 0 amide bonds. The van der Waals surface area contributed by atoms with Gasteiger partial charge in [-0.15, -0.1) is 0 Å². The summed E-state index contributed by atoms with van der Waals surface area (Å²) in [7, 11) is 0. The highest BCUT2D eigenvalue weighted by Crippen LogP contribution is 2.18. The second kappa shape index (κ2) is 7.53. The Labute approximate surface area is 119 Å². The fourth-order valence-corrected chi connectivity index (χ4v) is 2.04. The third-order valence-electron chi connectivity index (χ3n) is 3.19. The van der Waals surface area contributed by atoms with Crippen molar-refractivity contribution in [3.63, 3.8) is 0 Å². The van der Waals surface area contributed by atoms with E-state index in [0.717, 1.165) is 25.7 Å². The summed E-state index contributed by atoms with van der Waals surface area (Å²) >= 11 is 0. The Kier molecular flexibility index (Phi) is 5.42. The largest absolute Gasteiger partial charge is 0.493 e. The van der Waals surface area contributed by atoms with Crippen molar-refractivity contribution in [2.24, 2.45) is 0 Å². The Hall–Kier alpha value is -2.03. The molecule has 2 nitrogen and oxygen atoms in total. The minimum atomic E-state index is -0.424. The van der Waals surface area contributed by atoms with E-state index in [1.165, 1.54) is 17.7 Å². The zero-order valence-electron chi connectivity index (χ0n) is 11.5. The molecule has 0 saturated heterocycles. The van der Waals surface area contributed by atoms with Gasteiger partial charge in [0.1, 0.15) is 11.6 Å². The maximum atomic E-state index is 13.2. The average molecular weight is 273 g/mol. The van der Waals surface area contributed by atoms with Crippen molar-refractivity contribution >= 4 is 5.69 Å². The van der Waals surface area contributed by atoms with E-state index in [1.54, 1.807) is 6.07 Å². The molecule has 0 saturated carbocycles. The lowest BCUT2D eigenvalue weighted by molar-refractivity contribution is 0.304. The first-order valence-corrected chi connectivity index (χ1v) is 6.97. The third-order valence-corrected chi connectivity index (χ3v) is 3.19. The maximum Gasteiger partial charge on any atom is 0.149 e. The SMILES string of the molecule is Nc1ccc(OCCCCCc2ccccc2)cc1F. The van der Waals surface area contributed by atoms with Crippen molar-refractivity contribution in [2.45, 2.75) is 25.7 Å². The van der Waals surface area contributed by atoms with E-state index in [9.17, 15) is 4.39 Å². The van der Waals surface area contributed by atoms with Gasteiger partial charge in [-0.2, -0.15) is 0 Å². The summed E-state index contributed by atoms with van der Waals surface area (Å²) in [6.07, 6.45) is 4.31. The second-order valence-corrected chi connectivity index (χ2v) is 4.83. The smallest absolute Gasteiger partial charge is 0.149 e. The van der Waals surface area contributed by atoms with E-state index < -0.39 is 5.82 Å². The highest BCUT2D eigenvalue weighted by molar-refractivity contribution is 5.43. The number of anilines is 1. The summed E-state index contributed by atoms with van der Waals surface area (Å²) in [5.41, 5.74) is 6.93. The summed E-state index contributed by atoms with van der Waals surface area (Å²) in [6, 6.07) is 15.0. The average Bonchev–Trinajstić information content (AvgIpc) is 2.47. The number of unbranched alkanes of at least 4 members (excludes halogenated alkanes) is 2.